The van der Waals surface area contributed by atoms with Gasteiger partial charge in [0, 0.05) is 19.1 Å². The predicted molar refractivity (Wildman–Crippen MR) is 53.1 cm³/mol. The Hall–Kier alpha value is -0.770. The molecule has 0 bridgehead atoms. The van der Waals surface area contributed by atoms with Crippen molar-refractivity contribution in [3.05, 3.63) is 0 Å². The molecule has 14 heavy (non-hydrogen) atoms. The summed E-state index contributed by atoms with van der Waals surface area (Å²) in [5.74, 6) is 0. The Labute approximate surface area is 84.0 Å². The van der Waals surface area contributed by atoms with Crippen LogP contribution in [-0.4, -0.2) is 42.1 Å². The molecule has 2 heterocycles. The normalized spacial score (nSPS) is 37.7. The van der Waals surface area contributed by atoms with Gasteiger partial charge in [-0.1, -0.05) is 0 Å². The highest BCUT2D eigenvalue weighted by Gasteiger charge is 2.50. The van der Waals surface area contributed by atoms with Crippen LogP contribution in [0.25, 0.3) is 0 Å². The molecule has 1 atom stereocenters. The SMILES string of the molecule is O=C1NCC2(CCNC2)N1C1CCC1. The molecule has 3 aliphatic rings. The van der Waals surface area contributed by atoms with Crippen molar-refractivity contribution in [3.63, 3.8) is 0 Å². The van der Waals surface area contributed by atoms with Crippen LogP contribution in [0, 0.1) is 0 Å². The van der Waals surface area contributed by atoms with E-state index in [-0.39, 0.29) is 11.6 Å². The first-order chi connectivity index (χ1) is 6.82. The van der Waals surface area contributed by atoms with Crippen molar-refractivity contribution in [2.45, 2.75) is 37.3 Å². The summed E-state index contributed by atoms with van der Waals surface area (Å²) in [6.07, 6.45) is 4.81. The third-order valence-corrected chi connectivity index (χ3v) is 3.96. The second kappa shape index (κ2) is 2.86. The van der Waals surface area contributed by atoms with E-state index in [2.05, 4.69) is 15.5 Å². The lowest BCUT2D eigenvalue weighted by Gasteiger charge is -2.43. The van der Waals surface area contributed by atoms with Gasteiger partial charge in [-0.25, -0.2) is 4.79 Å². The molecule has 4 heteroatoms. The van der Waals surface area contributed by atoms with Crippen LogP contribution < -0.4 is 10.6 Å². The zero-order valence-corrected chi connectivity index (χ0v) is 8.38. The van der Waals surface area contributed by atoms with Gasteiger partial charge in [-0.05, 0) is 32.2 Å². The van der Waals surface area contributed by atoms with Crippen LogP contribution in [0.15, 0.2) is 0 Å². The fourth-order valence-electron chi connectivity index (χ4n) is 2.91. The summed E-state index contributed by atoms with van der Waals surface area (Å²) in [7, 11) is 0. The summed E-state index contributed by atoms with van der Waals surface area (Å²) < 4.78 is 0. The van der Waals surface area contributed by atoms with E-state index in [1.54, 1.807) is 0 Å². The van der Waals surface area contributed by atoms with Crippen molar-refractivity contribution >= 4 is 6.03 Å². The Morgan fingerprint density at radius 1 is 1.36 bits per heavy atom. The summed E-state index contributed by atoms with van der Waals surface area (Å²) in [5, 5.41) is 6.37. The molecule has 1 aliphatic carbocycles. The largest absolute Gasteiger partial charge is 0.336 e. The van der Waals surface area contributed by atoms with E-state index in [9.17, 15) is 4.79 Å². The van der Waals surface area contributed by atoms with E-state index in [1.807, 2.05) is 0 Å². The molecule has 3 rings (SSSR count). The van der Waals surface area contributed by atoms with E-state index in [1.165, 1.54) is 19.3 Å². The molecule has 78 valence electrons. The lowest BCUT2D eigenvalue weighted by molar-refractivity contribution is 0.0872. The molecule has 1 saturated carbocycles. The second-order valence-electron chi connectivity index (χ2n) is 4.76. The predicted octanol–water partition coefficient (Wildman–Crippen LogP) is 0.296. The molecule has 0 aromatic carbocycles. The molecule has 2 aliphatic heterocycles. The Kier molecular flexibility index (Phi) is 1.74. The molecule has 2 saturated heterocycles. The van der Waals surface area contributed by atoms with E-state index in [0.717, 1.165) is 26.1 Å². The molecule has 2 N–H and O–H groups in total. The van der Waals surface area contributed by atoms with Crippen LogP contribution in [0.5, 0.6) is 0 Å². The van der Waals surface area contributed by atoms with Gasteiger partial charge in [0.2, 0.25) is 0 Å². The van der Waals surface area contributed by atoms with Gasteiger partial charge in [-0.15, -0.1) is 0 Å². The number of hydrogen-bond donors (Lipinski definition) is 2. The summed E-state index contributed by atoms with van der Waals surface area (Å²) in [4.78, 5) is 13.9. The maximum absolute atomic E-state index is 11.8. The Morgan fingerprint density at radius 3 is 2.79 bits per heavy atom. The third kappa shape index (κ3) is 1.00. The number of rotatable bonds is 1. The lowest BCUT2D eigenvalue weighted by Crippen LogP contribution is -2.55. The molecule has 0 aromatic rings. The molecule has 4 nitrogen and oxygen atoms in total. The quantitative estimate of drug-likeness (QED) is 0.632. The fraction of sp³-hybridized carbons (Fsp3) is 0.900. The highest BCUT2D eigenvalue weighted by molar-refractivity contribution is 5.78. The van der Waals surface area contributed by atoms with E-state index < -0.39 is 0 Å². The van der Waals surface area contributed by atoms with Gasteiger partial charge in [0.05, 0.1) is 5.54 Å². The first-order valence-corrected chi connectivity index (χ1v) is 5.60. The average Bonchev–Trinajstić information content (AvgIpc) is 2.66. The number of nitrogens with one attached hydrogen (secondary N) is 2. The van der Waals surface area contributed by atoms with Crippen molar-refractivity contribution in [3.8, 4) is 0 Å². The molecular weight excluding hydrogens is 178 g/mol. The minimum atomic E-state index is 0.113. The average molecular weight is 195 g/mol. The maximum atomic E-state index is 11.8. The Morgan fingerprint density at radius 2 is 2.21 bits per heavy atom. The van der Waals surface area contributed by atoms with Crippen LogP contribution in [0.3, 0.4) is 0 Å². The second-order valence-corrected chi connectivity index (χ2v) is 4.76. The van der Waals surface area contributed by atoms with Gasteiger partial charge in [-0.2, -0.15) is 0 Å². The monoisotopic (exact) mass is 195 g/mol. The van der Waals surface area contributed by atoms with Gasteiger partial charge >= 0.3 is 6.03 Å². The number of hydrogen-bond acceptors (Lipinski definition) is 2. The van der Waals surface area contributed by atoms with Crippen molar-refractivity contribution in [2.75, 3.05) is 19.6 Å². The standard InChI is InChI=1S/C10H17N3O/c14-9-12-7-10(4-5-11-6-10)13(9)8-2-1-3-8/h8,11H,1-7H2,(H,12,14). The molecule has 0 aromatic heterocycles. The zero-order valence-electron chi connectivity index (χ0n) is 8.38. The van der Waals surface area contributed by atoms with Crippen LogP contribution in [0.1, 0.15) is 25.7 Å². The summed E-state index contributed by atoms with van der Waals surface area (Å²) in [6, 6.07) is 0.691. The van der Waals surface area contributed by atoms with E-state index in [0.29, 0.717) is 6.04 Å². The molecule has 1 unspecified atom stereocenters. The Bertz CT molecular complexity index is 256. The Balaban J connectivity index is 1.85. The van der Waals surface area contributed by atoms with E-state index in [4.69, 9.17) is 0 Å². The van der Waals surface area contributed by atoms with Gasteiger partial charge in [0.1, 0.15) is 0 Å². The molecule has 0 radical (unpaired) electrons. The third-order valence-electron chi connectivity index (χ3n) is 3.96. The van der Waals surface area contributed by atoms with Gasteiger partial charge < -0.3 is 15.5 Å². The van der Waals surface area contributed by atoms with Crippen molar-refractivity contribution in [1.82, 2.24) is 15.5 Å². The highest BCUT2D eigenvalue weighted by Crippen LogP contribution is 2.36. The minimum Gasteiger partial charge on any atom is -0.336 e. The molecule has 2 amide bonds. The zero-order chi connectivity index (χ0) is 9.60. The number of urea groups is 1. The smallest absolute Gasteiger partial charge is 0.318 e. The molecule has 3 fully saturated rings. The van der Waals surface area contributed by atoms with Crippen molar-refractivity contribution < 1.29 is 4.79 Å². The van der Waals surface area contributed by atoms with Gasteiger partial charge in [0.15, 0.2) is 0 Å². The maximum Gasteiger partial charge on any atom is 0.318 e. The van der Waals surface area contributed by atoms with Crippen LogP contribution in [-0.2, 0) is 0 Å². The van der Waals surface area contributed by atoms with Crippen molar-refractivity contribution in [1.29, 1.82) is 0 Å². The highest BCUT2D eigenvalue weighted by atomic mass is 16.2. The van der Waals surface area contributed by atoms with Crippen LogP contribution in [0.2, 0.25) is 0 Å². The van der Waals surface area contributed by atoms with Crippen LogP contribution in [0.4, 0.5) is 4.79 Å². The molecular formula is C10H17N3O. The molecule has 1 spiro atoms. The number of carbonyl (C=O) groups is 1. The van der Waals surface area contributed by atoms with E-state index >= 15 is 0 Å². The lowest BCUT2D eigenvalue weighted by atomic mass is 9.87. The fourth-order valence-corrected chi connectivity index (χ4v) is 2.91. The number of carbonyl (C=O) groups excluding carboxylic acids is 1. The summed E-state index contributed by atoms with van der Waals surface area (Å²) >= 11 is 0. The number of amides is 2. The first-order valence-electron chi connectivity index (χ1n) is 5.60. The minimum absolute atomic E-state index is 0.113. The number of nitrogens with zero attached hydrogens (tertiary/aromatic N) is 1. The van der Waals surface area contributed by atoms with Crippen molar-refractivity contribution in [2.24, 2.45) is 0 Å². The summed E-state index contributed by atoms with van der Waals surface area (Å²) in [5.41, 5.74) is 0.113. The first kappa shape index (κ1) is 8.53. The van der Waals surface area contributed by atoms with Crippen LogP contribution >= 0.6 is 0 Å². The topological polar surface area (TPSA) is 44.4 Å². The van der Waals surface area contributed by atoms with Gasteiger partial charge in [-0.3, -0.25) is 0 Å². The summed E-state index contributed by atoms with van der Waals surface area (Å²) in [6.45, 7) is 2.87. The van der Waals surface area contributed by atoms with Gasteiger partial charge in [0.25, 0.3) is 0 Å².